The van der Waals surface area contributed by atoms with Crippen LogP contribution < -0.4 is 0 Å². The standard InChI is InChI=1S/C29H24N4O4/c1-18-16-30-25(23-15-20-9-5-6-10-22(20)37-23)26-24(18)21(17-31-26)27(34)29(36)33-13-11-32(12-14-33)28(35)19-7-3-2-4-8-19/h2-10,15-17,31H,11-14H2,1H3. The van der Waals surface area contributed by atoms with Gasteiger partial charge in [-0.2, -0.15) is 0 Å². The second kappa shape index (κ2) is 9.05. The van der Waals surface area contributed by atoms with Crippen LogP contribution in [-0.2, 0) is 4.79 Å². The predicted octanol–water partition coefficient (Wildman–Crippen LogP) is 4.45. The molecule has 2 amide bonds. The van der Waals surface area contributed by atoms with Crippen molar-refractivity contribution in [3.63, 3.8) is 0 Å². The number of rotatable bonds is 4. The van der Waals surface area contributed by atoms with Crippen molar-refractivity contribution in [3.05, 3.63) is 89.7 Å². The van der Waals surface area contributed by atoms with Crippen LogP contribution in [0.2, 0.25) is 0 Å². The number of amides is 2. The van der Waals surface area contributed by atoms with Crippen molar-refractivity contribution in [2.45, 2.75) is 6.92 Å². The molecule has 1 N–H and O–H groups in total. The van der Waals surface area contributed by atoms with Crippen LogP contribution in [0.15, 0.2) is 77.5 Å². The van der Waals surface area contributed by atoms with Gasteiger partial charge in [0.25, 0.3) is 17.6 Å². The molecule has 8 nitrogen and oxygen atoms in total. The van der Waals surface area contributed by atoms with E-state index in [1.54, 1.807) is 29.4 Å². The zero-order valence-corrected chi connectivity index (χ0v) is 20.2. The molecule has 5 aromatic rings. The molecule has 1 fully saturated rings. The lowest BCUT2D eigenvalue weighted by Crippen LogP contribution is -2.52. The summed E-state index contributed by atoms with van der Waals surface area (Å²) in [5.41, 5.74) is 3.67. The normalized spacial score (nSPS) is 13.9. The number of H-pyrrole nitrogens is 1. The smallest absolute Gasteiger partial charge is 0.295 e. The number of aromatic amines is 1. The minimum Gasteiger partial charge on any atom is -0.454 e. The van der Waals surface area contributed by atoms with E-state index in [2.05, 4.69) is 9.97 Å². The maximum absolute atomic E-state index is 13.4. The van der Waals surface area contributed by atoms with E-state index in [1.807, 2.05) is 55.5 Å². The molecule has 0 saturated carbocycles. The van der Waals surface area contributed by atoms with Crippen LogP contribution >= 0.6 is 0 Å². The van der Waals surface area contributed by atoms with Crippen molar-refractivity contribution >= 4 is 39.5 Å². The number of nitrogens with zero attached hydrogens (tertiary/aromatic N) is 3. The maximum atomic E-state index is 13.4. The van der Waals surface area contributed by atoms with Gasteiger partial charge in [-0.25, -0.2) is 0 Å². The molecule has 0 spiro atoms. The highest BCUT2D eigenvalue weighted by molar-refractivity contribution is 6.45. The van der Waals surface area contributed by atoms with E-state index in [0.29, 0.717) is 59.7 Å². The molecule has 0 atom stereocenters. The molecule has 6 rings (SSSR count). The monoisotopic (exact) mass is 492 g/mol. The molecule has 0 unspecified atom stereocenters. The summed E-state index contributed by atoms with van der Waals surface area (Å²) >= 11 is 0. The van der Waals surface area contributed by atoms with Crippen LogP contribution in [0.1, 0.15) is 26.3 Å². The Kier molecular flexibility index (Phi) is 5.56. The molecule has 37 heavy (non-hydrogen) atoms. The highest BCUT2D eigenvalue weighted by Crippen LogP contribution is 2.33. The van der Waals surface area contributed by atoms with Gasteiger partial charge in [0.2, 0.25) is 0 Å². The van der Waals surface area contributed by atoms with Crippen LogP contribution in [0.3, 0.4) is 0 Å². The summed E-state index contributed by atoms with van der Waals surface area (Å²) in [6.07, 6.45) is 3.26. The Balaban J connectivity index is 1.24. The first-order valence-electron chi connectivity index (χ1n) is 12.1. The van der Waals surface area contributed by atoms with Gasteiger partial charge in [-0.3, -0.25) is 19.4 Å². The van der Waals surface area contributed by atoms with Crippen molar-refractivity contribution in [2.24, 2.45) is 0 Å². The van der Waals surface area contributed by atoms with Gasteiger partial charge in [-0.15, -0.1) is 0 Å². The Labute approximate surface area is 212 Å². The molecule has 2 aromatic carbocycles. The zero-order chi connectivity index (χ0) is 25.5. The third-order valence-electron chi connectivity index (χ3n) is 6.87. The number of hydrogen-bond donors (Lipinski definition) is 1. The SMILES string of the molecule is Cc1cnc(-c2cc3ccccc3o2)c2[nH]cc(C(=O)C(=O)N3CCN(C(=O)c4ccccc4)CC3)c12. The highest BCUT2D eigenvalue weighted by atomic mass is 16.3. The first-order valence-corrected chi connectivity index (χ1v) is 12.1. The third-order valence-corrected chi connectivity index (χ3v) is 6.87. The Morgan fingerprint density at radius 1 is 0.919 bits per heavy atom. The molecule has 8 heteroatoms. The number of benzene rings is 2. The van der Waals surface area contributed by atoms with Gasteiger partial charge in [-0.05, 0) is 36.8 Å². The summed E-state index contributed by atoms with van der Waals surface area (Å²) in [6, 6.07) is 18.7. The van der Waals surface area contributed by atoms with Crippen LogP contribution in [0.25, 0.3) is 33.3 Å². The Morgan fingerprint density at radius 3 is 2.38 bits per heavy atom. The number of piperazine rings is 1. The fourth-order valence-electron chi connectivity index (χ4n) is 4.91. The largest absolute Gasteiger partial charge is 0.454 e. The number of aryl methyl sites for hydroxylation is 1. The summed E-state index contributed by atoms with van der Waals surface area (Å²) in [7, 11) is 0. The van der Waals surface area contributed by atoms with Crippen LogP contribution in [-0.4, -0.2) is 63.5 Å². The summed E-state index contributed by atoms with van der Waals surface area (Å²) in [5, 5.41) is 1.61. The van der Waals surface area contributed by atoms with Crippen LogP contribution in [0.5, 0.6) is 0 Å². The van der Waals surface area contributed by atoms with Gasteiger partial charge >= 0.3 is 0 Å². The first kappa shape index (κ1) is 22.7. The number of fused-ring (bicyclic) bond motifs is 2. The Hall–Kier alpha value is -4.72. The van der Waals surface area contributed by atoms with Gasteiger partial charge < -0.3 is 19.2 Å². The first-order chi connectivity index (χ1) is 18.0. The molecule has 3 aromatic heterocycles. The second-order valence-electron chi connectivity index (χ2n) is 9.17. The Morgan fingerprint density at radius 2 is 1.62 bits per heavy atom. The minimum atomic E-state index is -0.584. The molecule has 1 aliphatic heterocycles. The van der Waals surface area contributed by atoms with Crippen LogP contribution in [0, 0.1) is 6.92 Å². The third kappa shape index (κ3) is 3.96. The lowest BCUT2D eigenvalue weighted by molar-refractivity contribution is -0.127. The molecular formula is C29H24N4O4. The lowest BCUT2D eigenvalue weighted by atomic mass is 10.0. The zero-order valence-electron chi connectivity index (χ0n) is 20.2. The number of furan rings is 1. The van der Waals surface area contributed by atoms with E-state index in [4.69, 9.17) is 4.42 Å². The average Bonchev–Trinajstić information content (AvgIpc) is 3.58. The molecule has 1 aliphatic rings. The fraction of sp³-hybridized carbons (Fsp3) is 0.172. The maximum Gasteiger partial charge on any atom is 0.295 e. The summed E-state index contributed by atoms with van der Waals surface area (Å²) in [4.78, 5) is 50.2. The Bertz CT molecular complexity index is 1630. The van der Waals surface area contributed by atoms with Gasteiger partial charge in [0.05, 0.1) is 11.1 Å². The molecular weight excluding hydrogens is 468 g/mol. The van der Waals surface area contributed by atoms with E-state index in [1.165, 1.54) is 4.90 Å². The average molecular weight is 493 g/mol. The molecule has 184 valence electrons. The van der Waals surface area contributed by atoms with E-state index in [0.717, 1.165) is 16.5 Å². The number of Topliss-reactive ketones (excluding diaryl/α,β-unsaturated/α-hetero) is 1. The van der Waals surface area contributed by atoms with Crippen molar-refractivity contribution in [3.8, 4) is 11.5 Å². The van der Waals surface area contributed by atoms with Crippen molar-refractivity contribution < 1.29 is 18.8 Å². The number of pyridine rings is 1. The summed E-state index contributed by atoms with van der Waals surface area (Å²) < 4.78 is 6.00. The lowest BCUT2D eigenvalue weighted by Gasteiger charge is -2.34. The van der Waals surface area contributed by atoms with Gasteiger partial charge in [0.1, 0.15) is 11.3 Å². The number of carbonyl (C=O) groups is 3. The second-order valence-corrected chi connectivity index (χ2v) is 9.17. The summed E-state index contributed by atoms with van der Waals surface area (Å²) in [6.45, 7) is 3.22. The number of hydrogen-bond acceptors (Lipinski definition) is 5. The van der Waals surface area contributed by atoms with E-state index < -0.39 is 11.7 Å². The van der Waals surface area contributed by atoms with E-state index in [-0.39, 0.29) is 5.91 Å². The topological polar surface area (TPSA) is 99.5 Å². The van der Waals surface area contributed by atoms with E-state index >= 15 is 0 Å². The van der Waals surface area contributed by atoms with Crippen LogP contribution in [0.4, 0.5) is 0 Å². The van der Waals surface area contributed by atoms with Crippen molar-refractivity contribution in [1.29, 1.82) is 0 Å². The molecule has 0 bridgehead atoms. The molecule has 4 heterocycles. The molecule has 0 aliphatic carbocycles. The molecule has 1 saturated heterocycles. The summed E-state index contributed by atoms with van der Waals surface area (Å²) in [5.74, 6) is -0.650. The number of nitrogens with one attached hydrogen (secondary N) is 1. The number of para-hydroxylation sites is 1. The number of ketones is 1. The highest BCUT2D eigenvalue weighted by Gasteiger charge is 2.31. The van der Waals surface area contributed by atoms with Crippen molar-refractivity contribution in [1.82, 2.24) is 19.8 Å². The minimum absolute atomic E-state index is 0.0723. The van der Waals surface area contributed by atoms with Gasteiger partial charge in [-0.1, -0.05) is 36.4 Å². The molecule has 0 radical (unpaired) electrons. The van der Waals surface area contributed by atoms with Gasteiger partial charge in [0.15, 0.2) is 5.76 Å². The van der Waals surface area contributed by atoms with Crippen molar-refractivity contribution in [2.75, 3.05) is 26.2 Å². The quantitative estimate of drug-likeness (QED) is 0.295. The number of aromatic nitrogens is 2. The fourth-order valence-corrected chi connectivity index (χ4v) is 4.91. The predicted molar refractivity (Wildman–Crippen MR) is 139 cm³/mol. The van der Waals surface area contributed by atoms with E-state index in [9.17, 15) is 14.4 Å². The van der Waals surface area contributed by atoms with Gasteiger partial charge in [0, 0.05) is 54.9 Å². The number of carbonyl (C=O) groups excluding carboxylic acids is 3.